The van der Waals surface area contributed by atoms with E-state index in [4.69, 9.17) is 4.74 Å². The van der Waals surface area contributed by atoms with Gasteiger partial charge in [-0.25, -0.2) is 14.8 Å². The molecule has 2 aromatic carbocycles. The van der Waals surface area contributed by atoms with E-state index in [2.05, 4.69) is 15.0 Å². The van der Waals surface area contributed by atoms with Crippen molar-refractivity contribution in [3.63, 3.8) is 0 Å². The predicted molar refractivity (Wildman–Crippen MR) is 113 cm³/mol. The third-order valence-corrected chi connectivity index (χ3v) is 4.39. The molecule has 0 atom stereocenters. The van der Waals surface area contributed by atoms with E-state index in [0.29, 0.717) is 11.2 Å². The number of aliphatic hydroxyl groups excluding tert-OH is 1. The Balaban J connectivity index is 1.44. The number of hydrogen-bond acceptors (Lipinski definition) is 6. The molecule has 0 bridgehead atoms. The number of para-hydroxylation sites is 3. The Morgan fingerprint density at radius 2 is 1.83 bits per heavy atom. The number of hydrogen-bond donors (Lipinski definition) is 2. The van der Waals surface area contributed by atoms with Crippen LogP contribution in [0.3, 0.4) is 0 Å². The minimum absolute atomic E-state index is 0.0841. The van der Waals surface area contributed by atoms with Gasteiger partial charge >= 0.3 is 5.97 Å². The summed E-state index contributed by atoms with van der Waals surface area (Å²) in [6.45, 7) is -0.450. The molecule has 0 saturated heterocycles. The fourth-order valence-corrected chi connectivity index (χ4v) is 2.91. The van der Waals surface area contributed by atoms with Crippen LogP contribution in [0.5, 0.6) is 0 Å². The Hall–Kier alpha value is -4.44. The van der Waals surface area contributed by atoms with E-state index in [0.717, 1.165) is 16.4 Å². The summed E-state index contributed by atoms with van der Waals surface area (Å²) in [7, 11) is 0. The molecule has 0 aliphatic rings. The standard InChI is InChI=1S/C23H16N4O3/c24-13-17(23-26-19-7-3-4-8-20(19)27-23)21(28)14-30-22(29)12-11-16-10-9-15-5-1-2-6-18(15)25-16/h1-12,28H,14H2,(H,26,27). The normalized spacial score (nSPS) is 12.1. The van der Waals surface area contributed by atoms with Gasteiger partial charge in [0.25, 0.3) is 0 Å². The SMILES string of the molecule is N#CC(=C(O)COC(=O)C=Cc1ccc2ccccc2n1)c1nc2ccccc2[nH]1. The predicted octanol–water partition coefficient (Wildman–Crippen LogP) is 4.16. The van der Waals surface area contributed by atoms with Gasteiger partial charge < -0.3 is 14.8 Å². The Kier molecular flexibility index (Phi) is 5.22. The van der Waals surface area contributed by atoms with Gasteiger partial charge in [0.1, 0.15) is 18.2 Å². The number of nitrogens with one attached hydrogen (secondary N) is 1. The molecule has 0 aliphatic carbocycles. The molecule has 2 heterocycles. The minimum atomic E-state index is -0.668. The van der Waals surface area contributed by atoms with Gasteiger partial charge in [0.2, 0.25) is 0 Å². The molecule has 7 nitrogen and oxygen atoms in total. The number of allylic oxidation sites excluding steroid dienone is 1. The van der Waals surface area contributed by atoms with E-state index in [1.54, 1.807) is 12.1 Å². The maximum atomic E-state index is 12.0. The number of H-pyrrole nitrogens is 1. The van der Waals surface area contributed by atoms with Crippen molar-refractivity contribution in [3.05, 3.63) is 84.0 Å². The summed E-state index contributed by atoms with van der Waals surface area (Å²) in [5.41, 5.74) is 2.73. The van der Waals surface area contributed by atoms with Gasteiger partial charge in [-0.2, -0.15) is 5.26 Å². The average molecular weight is 396 g/mol. The highest BCUT2D eigenvalue weighted by Gasteiger charge is 2.14. The Labute approximate surface area is 171 Å². The molecule has 4 aromatic rings. The summed E-state index contributed by atoms with van der Waals surface area (Å²) in [4.78, 5) is 23.7. The van der Waals surface area contributed by atoms with E-state index < -0.39 is 12.6 Å². The molecule has 0 spiro atoms. The monoisotopic (exact) mass is 396 g/mol. The lowest BCUT2D eigenvalue weighted by molar-refractivity contribution is -0.137. The van der Waals surface area contributed by atoms with Gasteiger partial charge in [0, 0.05) is 11.5 Å². The van der Waals surface area contributed by atoms with E-state index >= 15 is 0 Å². The number of benzene rings is 2. The van der Waals surface area contributed by atoms with Crippen molar-refractivity contribution in [3.8, 4) is 6.07 Å². The van der Waals surface area contributed by atoms with Crippen LogP contribution < -0.4 is 0 Å². The topological polar surface area (TPSA) is 112 Å². The molecule has 0 saturated carbocycles. The van der Waals surface area contributed by atoms with Crippen molar-refractivity contribution >= 4 is 39.6 Å². The van der Waals surface area contributed by atoms with E-state index in [1.165, 1.54) is 12.2 Å². The van der Waals surface area contributed by atoms with Crippen molar-refractivity contribution in [2.24, 2.45) is 0 Å². The molecule has 2 N–H and O–H groups in total. The summed E-state index contributed by atoms with van der Waals surface area (Å²) in [6.07, 6.45) is 2.75. The zero-order valence-corrected chi connectivity index (χ0v) is 15.7. The Morgan fingerprint density at radius 1 is 1.07 bits per heavy atom. The second-order valence-electron chi connectivity index (χ2n) is 6.41. The first kappa shape index (κ1) is 18.9. The average Bonchev–Trinajstić information content (AvgIpc) is 3.20. The number of pyridine rings is 1. The summed E-state index contributed by atoms with van der Waals surface area (Å²) in [5, 5.41) is 20.6. The number of nitrogens with zero attached hydrogens (tertiary/aromatic N) is 3. The van der Waals surface area contributed by atoms with E-state index in [9.17, 15) is 15.2 Å². The number of aromatic nitrogens is 3. The lowest BCUT2D eigenvalue weighted by atomic mass is 10.2. The highest BCUT2D eigenvalue weighted by Crippen LogP contribution is 2.19. The summed E-state index contributed by atoms with van der Waals surface area (Å²) >= 11 is 0. The van der Waals surface area contributed by atoms with Crippen LogP contribution in [0.4, 0.5) is 0 Å². The number of fused-ring (bicyclic) bond motifs is 2. The van der Waals surface area contributed by atoms with Crippen LogP contribution in [0.25, 0.3) is 33.6 Å². The Morgan fingerprint density at radius 3 is 2.63 bits per heavy atom. The van der Waals surface area contributed by atoms with Crippen LogP contribution in [-0.2, 0) is 9.53 Å². The van der Waals surface area contributed by atoms with Gasteiger partial charge in [-0.3, -0.25) is 0 Å². The van der Waals surface area contributed by atoms with Crippen molar-refractivity contribution in [2.75, 3.05) is 6.61 Å². The highest BCUT2D eigenvalue weighted by molar-refractivity contribution is 5.88. The van der Waals surface area contributed by atoms with Crippen LogP contribution in [-0.4, -0.2) is 32.6 Å². The van der Waals surface area contributed by atoms with Crippen LogP contribution >= 0.6 is 0 Å². The molecule has 30 heavy (non-hydrogen) atoms. The van der Waals surface area contributed by atoms with Gasteiger partial charge in [0.15, 0.2) is 11.6 Å². The largest absolute Gasteiger partial charge is 0.507 e. The smallest absolute Gasteiger partial charge is 0.331 e. The second kappa shape index (κ2) is 8.29. The van der Waals surface area contributed by atoms with Gasteiger partial charge in [0.05, 0.1) is 22.2 Å². The Bertz CT molecular complexity index is 1310. The molecular weight excluding hydrogens is 380 g/mol. The minimum Gasteiger partial charge on any atom is -0.507 e. The second-order valence-corrected chi connectivity index (χ2v) is 6.41. The van der Waals surface area contributed by atoms with Crippen LogP contribution in [0.2, 0.25) is 0 Å². The summed E-state index contributed by atoms with van der Waals surface area (Å²) in [5.74, 6) is -0.844. The third-order valence-electron chi connectivity index (χ3n) is 4.39. The van der Waals surface area contributed by atoms with Crippen molar-refractivity contribution in [2.45, 2.75) is 0 Å². The number of esters is 1. The molecule has 0 amide bonds. The summed E-state index contributed by atoms with van der Waals surface area (Å²) in [6, 6.07) is 20.5. The maximum absolute atomic E-state index is 12.0. The number of nitriles is 1. The summed E-state index contributed by atoms with van der Waals surface area (Å²) < 4.78 is 5.04. The van der Waals surface area contributed by atoms with E-state index in [-0.39, 0.29) is 17.2 Å². The van der Waals surface area contributed by atoms with Crippen LogP contribution in [0, 0.1) is 11.3 Å². The third kappa shape index (κ3) is 4.03. The molecular formula is C23H16N4O3. The molecule has 146 valence electrons. The van der Waals surface area contributed by atoms with Gasteiger partial charge in [-0.1, -0.05) is 36.4 Å². The lowest BCUT2D eigenvalue weighted by Crippen LogP contribution is -2.06. The number of rotatable bonds is 5. The van der Waals surface area contributed by atoms with Gasteiger partial charge in [-0.15, -0.1) is 0 Å². The van der Waals surface area contributed by atoms with E-state index in [1.807, 2.05) is 54.6 Å². The molecule has 2 aromatic heterocycles. The number of carbonyl (C=O) groups excluding carboxylic acids is 1. The zero-order valence-electron chi connectivity index (χ0n) is 15.7. The van der Waals surface area contributed by atoms with Crippen molar-refractivity contribution in [1.29, 1.82) is 5.26 Å². The molecule has 0 unspecified atom stereocenters. The number of aromatic amines is 1. The quantitative estimate of drug-likeness (QED) is 0.227. The molecule has 0 fully saturated rings. The molecule has 0 aliphatic heterocycles. The number of aliphatic hydroxyl groups is 1. The first-order valence-corrected chi connectivity index (χ1v) is 9.12. The van der Waals surface area contributed by atoms with Crippen molar-refractivity contribution < 1.29 is 14.6 Å². The molecule has 0 radical (unpaired) electrons. The first-order valence-electron chi connectivity index (χ1n) is 9.12. The number of imidazole rings is 1. The van der Waals surface area contributed by atoms with Crippen molar-refractivity contribution in [1.82, 2.24) is 15.0 Å². The fourth-order valence-electron chi connectivity index (χ4n) is 2.91. The van der Waals surface area contributed by atoms with Gasteiger partial charge in [-0.05, 0) is 30.3 Å². The molecule has 7 heteroatoms. The maximum Gasteiger partial charge on any atom is 0.331 e. The van der Waals surface area contributed by atoms with Crippen LogP contribution in [0.1, 0.15) is 11.5 Å². The molecule has 4 rings (SSSR count). The zero-order chi connectivity index (χ0) is 20.9. The highest BCUT2D eigenvalue weighted by atomic mass is 16.5. The number of ether oxygens (including phenoxy) is 1. The fraction of sp³-hybridized carbons (Fsp3) is 0.0435. The lowest BCUT2D eigenvalue weighted by Gasteiger charge is -2.03. The first-order chi connectivity index (χ1) is 14.6. The van der Waals surface area contributed by atoms with Crippen LogP contribution in [0.15, 0.2) is 72.5 Å². The number of carbonyl (C=O) groups is 1.